The Hall–Kier alpha value is -0.830. The Morgan fingerprint density at radius 3 is 2.48 bits per heavy atom. The normalized spacial score (nSPS) is 17.6. The van der Waals surface area contributed by atoms with E-state index in [-0.39, 0.29) is 6.42 Å². The molecule has 3 N–H and O–H groups in total. The number of rotatable bonds is 13. The Kier molecular flexibility index (Phi) is 11.9. The summed E-state index contributed by atoms with van der Waals surface area (Å²) in [5.74, 6) is 0.791. The first-order chi connectivity index (χ1) is 11.2. The van der Waals surface area contributed by atoms with Crippen LogP contribution in [0.15, 0.2) is 12.2 Å². The van der Waals surface area contributed by atoms with E-state index in [9.17, 15) is 4.79 Å². The highest BCUT2D eigenvalue weighted by atomic mass is 16.4. The van der Waals surface area contributed by atoms with E-state index in [1.165, 1.54) is 64.2 Å². The Morgan fingerprint density at radius 2 is 1.78 bits per heavy atom. The predicted octanol–water partition coefficient (Wildman–Crippen LogP) is 5.29. The van der Waals surface area contributed by atoms with Gasteiger partial charge in [0.1, 0.15) is 0 Å². The molecule has 0 bridgehead atoms. The van der Waals surface area contributed by atoms with E-state index in [1.807, 2.05) is 0 Å². The van der Waals surface area contributed by atoms with Gasteiger partial charge in [0, 0.05) is 6.42 Å². The van der Waals surface area contributed by atoms with E-state index in [0.29, 0.717) is 12.5 Å². The molecule has 0 heterocycles. The van der Waals surface area contributed by atoms with Crippen molar-refractivity contribution in [3.05, 3.63) is 12.2 Å². The minimum absolute atomic E-state index is 0.283. The Labute approximate surface area is 142 Å². The smallest absolute Gasteiger partial charge is 0.303 e. The van der Waals surface area contributed by atoms with Crippen molar-refractivity contribution in [2.24, 2.45) is 17.6 Å². The number of allylic oxidation sites excluding steroid dienone is 2. The van der Waals surface area contributed by atoms with Gasteiger partial charge in [0.15, 0.2) is 0 Å². The van der Waals surface area contributed by atoms with Crippen molar-refractivity contribution in [2.75, 3.05) is 6.54 Å². The van der Waals surface area contributed by atoms with Gasteiger partial charge >= 0.3 is 5.97 Å². The first-order valence-corrected chi connectivity index (χ1v) is 9.79. The van der Waals surface area contributed by atoms with Crippen molar-refractivity contribution in [3.8, 4) is 0 Å². The minimum atomic E-state index is -0.687. The Bertz CT molecular complexity index is 322. The fraction of sp³-hybridized carbons (Fsp3) is 0.850. The zero-order chi connectivity index (χ0) is 16.8. The third kappa shape index (κ3) is 11.4. The van der Waals surface area contributed by atoms with Gasteiger partial charge in [0.2, 0.25) is 0 Å². The van der Waals surface area contributed by atoms with Crippen molar-refractivity contribution < 1.29 is 9.90 Å². The van der Waals surface area contributed by atoms with Crippen molar-refractivity contribution >= 4 is 5.97 Å². The number of aliphatic carboxylic acids is 1. The molecule has 0 aromatic rings. The molecule has 1 saturated carbocycles. The van der Waals surface area contributed by atoms with E-state index in [0.717, 1.165) is 25.2 Å². The highest BCUT2D eigenvalue weighted by Crippen LogP contribution is 2.27. The Morgan fingerprint density at radius 1 is 1.04 bits per heavy atom. The number of hydrogen-bond acceptors (Lipinski definition) is 2. The number of carboxylic acid groups (broad SMARTS) is 1. The van der Waals surface area contributed by atoms with Crippen LogP contribution in [0.4, 0.5) is 0 Å². The SMILES string of the molecule is NCC[C@H](CCCC/C=C\CCC1CCCCC1)CCC(=O)O. The molecule has 0 unspecified atom stereocenters. The first kappa shape index (κ1) is 20.2. The third-order valence-corrected chi connectivity index (χ3v) is 5.21. The lowest BCUT2D eigenvalue weighted by atomic mass is 9.86. The maximum atomic E-state index is 10.7. The van der Waals surface area contributed by atoms with Crippen LogP contribution in [-0.4, -0.2) is 17.6 Å². The standard InChI is InChI=1S/C20H37NO2/c21-17-16-19(14-15-20(22)23)13-7-4-2-1-3-6-10-18-11-8-5-9-12-18/h1,3,18-19H,2,4-17,21H2,(H,22,23)/b3-1-/t19-/m1/s1. The van der Waals surface area contributed by atoms with E-state index in [2.05, 4.69) is 12.2 Å². The summed E-state index contributed by atoms with van der Waals surface area (Å²) in [6, 6.07) is 0. The van der Waals surface area contributed by atoms with Gasteiger partial charge in [0.05, 0.1) is 0 Å². The molecule has 0 saturated heterocycles. The first-order valence-electron chi connectivity index (χ1n) is 9.79. The maximum absolute atomic E-state index is 10.7. The highest BCUT2D eigenvalue weighted by molar-refractivity contribution is 5.66. The second kappa shape index (κ2) is 13.6. The lowest BCUT2D eigenvalue weighted by molar-refractivity contribution is -0.137. The van der Waals surface area contributed by atoms with Crippen molar-refractivity contribution in [2.45, 2.75) is 89.9 Å². The average Bonchev–Trinajstić information content (AvgIpc) is 2.55. The summed E-state index contributed by atoms with van der Waals surface area (Å²) in [4.78, 5) is 10.7. The highest BCUT2D eigenvalue weighted by Gasteiger charge is 2.12. The zero-order valence-electron chi connectivity index (χ0n) is 14.8. The van der Waals surface area contributed by atoms with Crippen molar-refractivity contribution in [1.29, 1.82) is 0 Å². The van der Waals surface area contributed by atoms with Gasteiger partial charge in [-0.2, -0.15) is 0 Å². The molecule has 1 aliphatic rings. The van der Waals surface area contributed by atoms with Crippen LogP contribution in [0.25, 0.3) is 0 Å². The van der Waals surface area contributed by atoms with Crippen molar-refractivity contribution in [1.82, 2.24) is 0 Å². The molecule has 0 amide bonds. The molecule has 3 heteroatoms. The van der Waals surface area contributed by atoms with Gasteiger partial charge in [-0.25, -0.2) is 0 Å². The van der Waals surface area contributed by atoms with Gasteiger partial charge in [-0.05, 0) is 56.9 Å². The maximum Gasteiger partial charge on any atom is 0.303 e. The monoisotopic (exact) mass is 323 g/mol. The molecule has 1 fully saturated rings. The van der Waals surface area contributed by atoms with E-state index in [4.69, 9.17) is 10.8 Å². The second-order valence-electron chi connectivity index (χ2n) is 7.21. The summed E-state index contributed by atoms with van der Waals surface area (Å²) in [6.45, 7) is 0.672. The van der Waals surface area contributed by atoms with Gasteiger partial charge in [-0.15, -0.1) is 0 Å². The molecular formula is C20H37NO2. The molecule has 0 aliphatic heterocycles. The summed E-state index contributed by atoms with van der Waals surface area (Å²) in [5.41, 5.74) is 5.62. The van der Waals surface area contributed by atoms with Crippen LogP contribution in [0.5, 0.6) is 0 Å². The summed E-state index contributed by atoms with van der Waals surface area (Å²) >= 11 is 0. The lowest BCUT2D eigenvalue weighted by Crippen LogP contribution is -2.10. The van der Waals surface area contributed by atoms with Crippen LogP contribution in [-0.2, 0) is 4.79 Å². The third-order valence-electron chi connectivity index (χ3n) is 5.21. The molecule has 23 heavy (non-hydrogen) atoms. The predicted molar refractivity (Wildman–Crippen MR) is 97.4 cm³/mol. The number of nitrogens with two attached hydrogens (primary N) is 1. The molecule has 134 valence electrons. The fourth-order valence-electron chi connectivity index (χ4n) is 3.73. The molecule has 1 aliphatic carbocycles. The van der Waals surface area contributed by atoms with Crippen LogP contribution < -0.4 is 5.73 Å². The van der Waals surface area contributed by atoms with Gasteiger partial charge in [-0.3, -0.25) is 4.79 Å². The van der Waals surface area contributed by atoms with E-state index < -0.39 is 5.97 Å². The zero-order valence-corrected chi connectivity index (χ0v) is 14.8. The van der Waals surface area contributed by atoms with E-state index in [1.54, 1.807) is 0 Å². The molecule has 0 radical (unpaired) electrons. The summed E-state index contributed by atoms with van der Waals surface area (Å²) < 4.78 is 0. The fourth-order valence-corrected chi connectivity index (χ4v) is 3.73. The number of carbonyl (C=O) groups is 1. The quantitative estimate of drug-likeness (QED) is 0.357. The summed E-state index contributed by atoms with van der Waals surface area (Å²) in [6.07, 6.45) is 21.3. The summed E-state index contributed by atoms with van der Waals surface area (Å²) in [5, 5.41) is 8.78. The number of unbranched alkanes of at least 4 members (excludes halogenated alkanes) is 2. The molecule has 0 aromatic carbocycles. The molecule has 0 spiro atoms. The van der Waals surface area contributed by atoms with Crippen molar-refractivity contribution in [3.63, 3.8) is 0 Å². The second-order valence-corrected chi connectivity index (χ2v) is 7.21. The minimum Gasteiger partial charge on any atom is -0.481 e. The molecule has 0 aromatic heterocycles. The van der Waals surface area contributed by atoms with Gasteiger partial charge < -0.3 is 10.8 Å². The largest absolute Gasteiger partial charge is 0.481 e. The topological polar surface area (TPSA) is 63.3 Å². The van der Waals surface area contributed by atoms with Gasteiger partial charge in [-0.1, -0.05) is 57.1 Å². The summed E-state index contributed by atoms with van der Waals surface area (Å²) in [7, 11) is 0. The molecule has 1 rings (SSSR count). The molecule has 3 nitrogen and oxygen atoms in total. The van der Waals surface area contributed by atoms with Crippen LogP contribution in [0.3, 0.4) is 0 Å². The lowest BCUT2D eigenvalue weighted by Gasteiger charge is -2.20. The van der Waals surface area contributed by atoms with Crippen LogP contribution in [0, 0.1) is 11.8 Å². The average molecular weight is 324 g/mol. The van der Waals surface area contributed by atoms with Gasteiger partial charge in [0.25, 0.3) is 0 Å². The number of carboxylic acids is 1. The molecule has 1 atom stereocenters. The molecular weight excluding hydrogens is 286 g/mol. The Balaban J connectivity index is 1.99. The van der Waals surface area contributed by atoms with Crippen LogP contribution >= 0.6 is 0 Å². The van der Waals surface area contributed by atoms with E-state index >= 15 is 0 Å². The number of hydrogen-bond donors (Lipinski definition) is 2. The van der Waals surface area contributed by atoms with Crippen LogP contribution in [0.2, 0.25) is 0 Å². The van der Waals surface area contributed by atoms with Crippen LogP contribution in [0.1, 0.15) is 89.9 Å².